The molecule has 0 radical (unpaired) electrons. The fourth-order valence-electron chi connectivity index (χ4n) is 2.35. The van der Waals surface area contributed by atoms with Crippen molar-refractivity contribution in [1.82, 2.24) is 20.1 Å². The third kappa shape index (κ3) is 3.20. The summed E-state index contributed by atoms with van der Waals surface area (Å²) in [6, 6.07) is 11.4. The number of nitrogens with one attached hydrogen (secondary N) is 1. The highest BCUT2D eigenvalue weighted by molar-refractivity contribution is 5.21. The molecule has 1 saturated carbocycles. The molecule has 19 heavy (non-hydrogen) atoms. The third-order valence-electron chi connectivity index (χ3n) is 3.74. The fraction of sp³-hybridized carbons (Fsp3) is 0.467. The first-order chi connectivity index (χ1) is 9.33. The Balaban J connectivity index is 1.73. The lowest BCUT2D eigenvalue weighted by molar-refractivity contribution is 0.551. The van der Waals surface area contributed by atoms with Gasteiger partial charge >= 0.3 is 0 Å². The van der Waals surface area contributed by atoms with Crippen LogP contribution in [0.4, 0.5) is 0 Å². The van der Waals surface area contributed by atoms with Gasteiger partial charge in [0.2, 0.25) is 0 Å². The monoisotopic (exact) mass is 256 g/mol. The van der Waals surface area contributed by atoms with Crippen LogP contribution in [0.3, 0.4) is 0 Å². The van der Waals surface area contributed by atoms with Crippen molar-refractivity contribution in [3.8, 4) is 0 Å². The molecule has 1 heterocycles. The van der Waals surface area contributed by atoms with Crippen molar-refractivity contribution in [2.24, 2.45) is 7.05 Å². The van der Waals surface area contributed by atoms with Crippen molar-refractivity contribution in [1.29, 1.82) is 0 Å². The first kappa shape index (κ1) is 12.4. The van der Waals surface area contributed by atoms with Crippen LogP contribution in [0.2, 0.25) is 0 Å². The van der Waals surface area contributed by atoms with Crippen LogP contribution in [0.1, 0.15) is 30.1 Å². The van der Waals surface area contributed by atoms with Gasteiger partial charge in [-0.15, -0.1) is 0 Å². The smallest absolute Gasteiger partial charge is 0.138 e. The number of benzene rings is 1. The van der Waals surface area contributed by atoms with Gasteiger partial charge in [-0.25, -0.2) is 4.98 Å². The molecule has 0 bridgehead atoms. The molecule has 0 saturated heterocycles. The highest BCUT2D eigenvalue weighted by Crippen LogP contribution is 2.23. The summed E-state index contributed by atoms with van der Waals surface area (Å²) in [6.07, 6.45) is 5.21. The molecular formula is C15H20N4. The number of hydrogen-bond acceptors (Lipinski definition) is 3. The molecule has 100 valence electrons. The molecule has 1 fully saturated rings. The Labute approximate surface area is 113 Å². The normalized spacial score (nSPS) is 16.5. The molecule has 4 nitrogen and oxygen atoms in total. The lowest BCUT2D eigenvalue weighted by Gasteiger charge is -2.17. The van der Waals surface area contributed by atoms with E-state index in [1.165, 1.54) is 18.4 Å². The molecule has 1 aliphatic rings. The van der Waals surface area contributed by atoms with Gasteiger partial charge in [0.25, 0.3) is 0 Å². The van der Waals surface area contributed by atoms with Crippen molar-refractivity contribution in [2.45, 2.75) is 31.2 Å². The molecule has 3 rings (SSSR count). The molecule has 0 spiro atoms. The van der Waals surface area contributed by atoms with Gasteiger partial charge in [0.05, 0.1) is 0 Å². The van der Waals surface area contributed by atoms with E-state index in [9.17, 15) is 0 Å². The van der Waals surface area contributed by atoms with Crippen molar-refractivity contribution >= 4 is 0 Å². The molecule has 1 aliphatic carbocycles. The predicted molar refractivity (Wildman–Crippen MR) is 74.9 cm³/mol. The van der Waals surface area contributed by atoms with Crippen LogP contribution in [0.15, 0.2) is 36.7 Å². The van der Waals surface area contributed by atoms with Crippen molar-refractivity contribution in [3.05, 3.63) is 48.0 Å². The van der Waals surface area contributed by atoms with Crippen LogP contribution < -0.4 is 5.32 Å². The van der Waals surface area contributed by atoms with Crippen molar-refractivity contribution in [3.63, 3.8) is 0 Å². The highest BCUT2D eigenvalue weighted by Gasteiger charge is 2.23. The van der Waals surface area contributed by atoms with E-state index in [2.05, 4.69) is 45.7 Å². The lowest BCUT2D eigenvalue weighted by Crippen LogP contribution is -2.25. The maximum atomic E-state index is 4.35. The molecule has 1 aromatic heterocycles. The first-order valence-electron chi connectivity index (χ1n) is 6.94. The van der Waals surface area contributed by atoms with E-state index in [0.29, 0.717) is 5.92 Å². The van der Waals surface area contributed by atoms with E-state index in [-0.39, 0.29) is 0 Å². The molecule has 0 amide bonds. The zero-order valence-electron chi connectivity index (χ0n) is 11.3. The highest BCUT2D eigenvalue weighted by atomic mass is 15.3. The number of rotatable bonds is 6. The largest absolute Gasteiger partial charge is 0.313 e. The minimum Gasteiger partial charge on any atom is -0.313 e. The molecular weight excluding hydrogens is 236 g/mol. The summed E-state index contributed by atoms with van der Waals surface area (Å²) in [4.78, 5) is 4.35. The summed E-state index contributed by atoms with van der Waals surface area (Å²) in [5.74, 6) is 1.51. The van der Waals surface area contributed by atoms with Crippen LogP contribution in [0, 0.1) is 0 Å². The summed E-state index contributed by atoms with van der Waals surface area (Å²) in [5.41, 5.74) is 1.37. The second-order valence-corrected chi connectivity index (χ2v) is 5.29. The van der Waals surface area contributed by atoms with E-state index in [1.54, 1.807) is 6.33 Å². The quantitative estimate of drug-likeness (QED) is 0.858. The summed E-state index contributed by atoms with van der Waals surface area (Å²) in [7, 11) is 1.96. The molecule has 1 unspecified atom stereocenters. The van der Waals surface area contributed by atoms with Gasteiger partial charge in [-0.05, 0) is 18.4 Å². The van der Waals surface area contributed by atoms with Crippen LogP contribution >= 0.6 is 0 Å². The second kappa shape index (κ2) is 5.53. The van der Waals surface area contributed by atoms with Crippen LogP contribution in [0.25, 0.3) is 0 Å². The minimum absolute atomic E-state index is 0.463. The molecule has 4 heteroatoms. The average Bonchev–Trinajstić information content (AvgIpc) is 3.19. The number of aryl methyl sites for hydroxylation is 1. The molecule has 1 aromatic carbocycles. The van der Waals surface area contributed by atoms with Gasteiger partial charge in [0.15, 0.2) is 0 Å². The van der Waals surface area contributed by atoms with Crippen molar-refractivity contribution in [2.75, 3.05) is 6.54 Å². The average molecular weight is 256 g/mol. The Morgan fingerprint density at radius 2 is 2.11 bits per heavy atom. The van der Waals surface area contributed by atoms with Gasteiger partial charge in [-0.3, -0.25) is 4.68 Å². The van der Waals surface area contributed by atoms with Crippen molar-refractivity contribution < 1.29 is 0 Å². The lowest BCUT2D eigenvalue weighted by atomic mass is 9.95. The summed E-state index contributed by atoms with van der Waals surface area (Å²) in [5, 5.41) is 7.79. The maximum Gasteiger partial charge on any atom is 0.138 e. The molecule has 2 aromatic rings. The topological polar surface area (TPSA) is 42.7 Å². The Hall–Kier alpha value is -1.68. The second-order valence-electron chi connectivity index (χ2n) is 5.29. The van der Waals surface area contributed by atoms with E-state index in [0.717, 1.165) is 24.8 Å². The molecule has 1 N–H and O–H groups in total. The maximum absolute atomic E-state index is 4.35. The Kier molecular flexibility index (Phi) is 3.60. The number of nitrogens with zero attached hydrogens (tertiary/aromatic N) is 3. The van der Waals surface area contributed by atoms with Gasteiger partial charge in [0, 0.05) is 32.0 Å². The standard InChI is InChI=1S/C15H20N4/c1-19-15(17-11-18-19)9-13(10-16-14-7-8-14)12-5-3-2-4-6-12/h2-6,11,13-14,16H,7-10H2,1H3. The van der Waals surface area contributed by atoms with Crippen LogP contribution in [-0.2, 0) is 13.5 Å². The summed E-state index contributed by atoms with van der Waals surface area (Å²) < 4.78 is 1.87. The predicted octanol–water partition coefficient (Wildman–Crippen LogP) is 1.89. The Morgan fingerprint density at radius 3 is 2.74 bits per heavy atom. The molecule has 0 aliphatic heterocycles. The van der Waals surface area contributed by atoms with Crippen LogP contribution in [0.5, 0.6) is 0 Å². The van der Waals surface area contributed by atoms with E-state index < -0.39 is 0 Å². The zero-order valence-corrected chi connectivity index (χ0v) is 11.3. The fourth-order valence-corrected chi connectivity index (χ4v) is 2.35. The third-order valence-corrected chi connectivity index (χ3v) is 3.74. The zero-order chi connectivity index (χ0) is 13.1. The van der Waals surface area contributed by atoms with Crippen LogP contribution in [-0.4, -0.2) is 27.4 Å². The minimum atomic E-state index is 0.463. The molecule has 1 atom stereocenters. The van der Waals surface area contributed by atoms with E-state index >= 15 is 0 Å². The number of hydrogen-bond donors (Lipinski definition) is 1. The SMILES string of the molecule is Cn1ncnc1CC(CNC1CC1)c1ccccc1. The first-order valence-corrected chi connectivity index (χ1v) is 6.94. The van der Waals surface area contributed by atoms with Gasteiger partial charge in [-0.2, -0.15) is 5.10 Å². The van der Waals surface area contributed by atoms with E-state index in [4.69, 9.17) is 0 Å². The summed E-state index contributed by atoms with van der Waals surface area (Å²) in [6.45, 7) is 1.02. The number of aromatic nitrogens is 3. The van der Waals surface area contributed by atoms with Gasteiger partial charge in [0.1, 0.15) is 12.2 Å². The Bertz CT molecular complexity index is 516. The van der Waals surface area contributed by atoms with Gasteiger partial charge < -0.3 is 5.32 Å². The summed E-state index contributed by atoms with van der Waals surface area (Å²) >= 11 is 0. The van der Waals surface area contributed by atoms with E-state index in [1.807, 2.05) is 11.7 Å². The Morgan fingerprint density at radius 1 is 1.32 bits per heavy atom. The van der Waals surface area contributed by atoms with Gasteiger partial charge in [-0.1, -0.05) is 30.3 Å².